The van der Waals surface area contributed by atoms with Gasteiger partial charge in [-0.05, 0) is 59.6 Å². The van der Waals surface area contributed by atoms with Gasteiger partial charge in [0.25, 0.3) is 0 Å². The van der Waals surface area contributed by atoms with Crippen LogP contribution in [0.2, 0.25) is 0 Å². The standard InChI is InChI=1S/C21H30O5/c1-13(2)8-9-20-16(22)19(23-7)10-14-12-24-18(5,6)26-21(14,20)15(11-19)17(3,4)25-20/h8,10,15H,9,11-12H2,1-7H3/t15-,19-,20?,21+/m0/s1. The molecule has 5 aliphatic rings. The van der Waals surface area contributed by atoms with Crippen LogP contribution in [0.25, 0.3) is 0 Å². The van der Waals surface area contributed by atoms with Crippen LogP contribution in [0.5, 0.6) is 0 Å². The first-order chi connectivity index (χ1) is 11.9. The maximum Gasteiger partial charge on any atom is 0.203 e. The molecule has 0 aromatic carbocycles. The van der Waals surface area contributed by atoms with Gasteiger partial charge in [-0.3, -0.25) is 4.79 Å². The Morgan fingerprint density at radius 3 is 2.58 bits per heavy atom. The Balaban J connectivity index is 2.01. The number of rotatable bonds is 3. The summed E-state index contributed by atoms with van der Waals surface area (Å²) in [6.07, 6.45) is 5.09. The molecule has 0 N–H and O–H groups in total. The highest BCUT2D eigenvalue weighted by atomic mass is 16.7. The van der Waals surface area contributed by atoms with Crippen molar-refractivity contribution in [1.29, 1.82) is 0 Å². The van der Waals surface area contributed by atoms with Crippen molar-refractivity contribution in [2.75, 3.05) is 13.7 Å². The second-order valence-electron chi connectivity index (χ2n) is 9.39. The molecular weight excluding hydrogens is 332 g/mol. The van der Waals surface area contributed by atoms with Crippen LogP contribution < -0.4 is 0 Å². The summed E-state index contributed by atoms with van der Waals surface area (Å²) in [5.41, 5.74) is -1.21. The zero-order chi connectivity index (χ0) is 19.2. The van der Waals surface area contributed by atoms with Gasteiger partial charge in [0, 0.05) is 19.4 Å². The predicted molar refractivity (Wildman–Crippen MR) is 96.7 cm³/mol. The van der Waals surface area contributed by atoms with Crippen molar-refractivity contribution in [1.82, 2.24) is 0 Å². The SMILES string of the molecule is CO[C@@]12C=C3COC(C)(C)O[C@@]34[C@@H](C1)C(C)(C)OC4(CC=C(C)C)C2=O. The molecule has 2 heterocycles. The van der Waals surface area contributed by atoms with Gasteiger partial charge in [-0.1, -0.05) is 11.6 Å². The minimum atomic E-state index is -1.09. The Bertz CT molecular complexity index is 729. The molecule has 144 valence electrons. The molecule has 5 heteroatoms. The van der Waals surface area contributed by atoms with Gasteiger partial charge >= 0.3 is 0 Å². The van der Waals surface area contributed by atoms with Crippen molar-refractivity contribution < 1.29 is 23.7 Å². The zero-order valence-electron chi connectivity index (χ0n) is 16.9. The molecule has 4 bridgehead atoms. The highest BCUT2D eigenvalue weighted by Gasteiger charge is 2.83. The van der Waals surface area contributed by atoms with Gasteiger partial charge in [0.2, 0.25) is 5.78 Å². The molecule has 0 aromatic rings. The maximum absolute atomic E-state index is 13.8. The lowest BCUT2D eigenvalue weighted by molar-refractivity contribution is -0.325. The Kier molecular flexibility index (Phi) is 3.58. The van der Waals surface area contributed by atoms with E-state index in [-0.39, 0.29) is 11.7 Å². The summed E-state index contributed by atoms with van der Waals surface area (Å²) in [7, 11) is 1.61. The summed E-state index contributed by atoms with van der Waals surface area (Å²) in [4.78, 5) is 13.8. The topological polar surface area (TPSA) is 54.0 Å². The molecule has 5 nitrogen and oxygen atoms in total. The molecule has 2 aliphatic heterocycles. The second kappa shape index (κ2) is 5.07. The third-order valence-corrected chi connectivity index (χ3v) is 6.65. The molecule has 1 saturated carbocycles. The monoisotopic (exact) mass is 362 g/mol. The summed E-state index contributed by atoms with van der Waals surface area (Å²) in [6.45, 7) is 12.5. The Labute approximate surface area is 155 Å². The van der Waals surface area contributed by atoms with Crippen LogP contribution in [0, 0.1) is 5.92 Å². The fraction of sp³-hybridized carbons (Fsp3) is 0.762. The summed E-state index contributed by atoms with van der Waals surface area (Å²) in [5.74, 6) is -0.782. The number of ketones is 1. The number of allylic oxidation sites excluding steroid dienone is 1. The van der Waals surface area contributed by atoms with Crippen molar-refractivity contribution in [3.05, 3.63) is 23.3 Å². The van der Waals surface area contributed by atoms with E-state index in [1.807, 2.05) is 33.8 Å². The summed E-state index contributed by atoms with van der Waals surface area (Å²) >= 11 is 0. The van der Waals surface area contributed by atoms with E-state index in [9.17, 15) is 4.79 Å². The molecule has 5 rings (SSSR count). The molecule has 1 unspecified atom stereocenters. The molecule has 26 heavy (non-hydrogen) atoms. The van der Waals surface area contributed by atoms with Crippen LogP contribution in [-0.2, 0) is 23.7 Å². The molecule has 2 saturated heterocycles. The number of hydrogen-bond acceptors (Lipinski definition) is 5. The lowest BCUT2D eigenvalue weighted by Gasteiger charge is -2.62. The van der Waals surface area contributed by atoms with E-state index in [2.05, 4.69) is 19.9 Å². The number of ether oxygens (including phenoxy) is 4. The van der Waals surface area contributed by atoms with Crippen LogP contribution in [0.4, 0.5) is 0 Å². The Morgan fingerprint density at radius 2 is 1.96 bits per heavy atom. The molecule has 1 spiro atoms. The third-order valence-electron chi connectivity index (χ3n) is 6.65. The van der Waals surface area contributed by atoms with Crippen LogP contribution in [0.3, 0.4) is 0 Å². The van der Waals surface area contributed by atoms with Crippen molar-refractivity contribution >= 4 is 5.78 Å². The van der Waals surface area contributed by atoms with Gasteiger partial charge in [0.1, 0.15) is 11.2 Å². The van der Waals surface area contributed by atoms with E-state index < -0.39 is 28.2 Å². The average Bonchev–Trinajstić information content (AvgIpc) is 2.69. The number of carbonyl (C=O) groups is 1. The highest BCUT2D eigenvalue weighted by molar-refractivity contribution is 6.02. The highest BCUT2D eigenvalue weighted by Crippen LogP contribution is 2.68. The van der Waals surface area contributed by atoms with Crippen LogP contribution >= 0.6 is 0 Å². The largest absolute Gasteiger partial charge is 0.366 e. The van der Waals surface area contributed by atoms with Gasteiger partial charge < -0.3 is 18.9 Å². The van der Waals surface area contributed by atoms with E-state index in [1.54, 1.807) is 7.11 Å². The molecule has 3 aliphatic carbocycles. The van der Waals surface area contributed by atoms with Crippen molar-refractivity contribution in [3.8, 4) is 0 Å². The van der Waals surface area contributed by atoms with E-state index in [0.29, 0.717) is 19.4 Å². The predicted octanol–water partition coefficient (Wildman–Crippen LogP) is 3.33. The first kappa shape index (κ1) is 18.4. The minimum Gasteiger partial charge on any atom is -0.366 e. The maximum atomic E-state index is 13.8. The lowest BCUT2D eigenvalue weighted by atomic mass is 9.50. The van der Waals surface area contributed by atoms with Crippen LogP contribution in [-0.4, -0.2) is 47.7 Å². The van der Waals surface area contributed by atoms with Gasteiger partial charge in [0.05, 0.1) is 12.2 Å². The van der Waals surface area contributed by atoms with Crippen molar-refractivity contribution in [3.63, 3.8) is 0 Å². The number of hydrogen-bond donors (Lipinski definition) is 0. The second-order valence-corrected chi connectivity index (χ2v) is 9.39. The molecular formula is C21H30O5. The van der Waals surface area contributed by atoms with Crippen molar-refractivity contribution in [2.24, 2.45) is 5.92 Å². The van der Waals surface area contributed by atoms with Gasteiger partial charge in [-0.2, -0.15) is 0 Å². The van der Waals surface area contributed by atoms with Crippen LogP contribution in [0.1, 0.15) is 54.4 Å². The van der Waals surface area contributed by atoms with Gasteiger partial charge in [0.15, 0.2) is 11.4 Å². The van der Waals surface area contributed by atoms with E-state index in [4.69, 9.17) is 18.9 Å². The first-order valence-corrected chi connectivity index (χ1v) is 9.45. The third kappa shape index (κ3) is 1.98. The summed E-state index contributed by atoms with van der Waals surface area (Å²) in [6, 6.07) is 0. The van der Waals surface area contributed by atoms with Gasteiger partial charge in [-0.15, -0.1) is 0 Å². The summed E-state index contributed by atoms with van der Waals surface area (Å²) in [5, 5.41) is 0. The normalized spacial score (nSPS) is 44.5. The molecule has 3 fully saturated rings. The Morgan fingerprint density at radius 1 is 1.27 bits per heavy atom. The van der Waals surface area contributed by atoms with E-state index >= 15 is 0 Å². The molecule has 0 amide bonds. The fourth-order valence-electron chi connectivity index (χ4n) is 5.61. The smallest absolute Gasteiger partial charge is 0.203 e. The van der Waals surface area contributed by atoms with Crippen LogP contribution in [0.15, 0.2) is 23.3 Å². The van der Waals surface area contributed by atoms with E-state index in [0.717, 1.165) is 11.1 Å². The first-order valence-electron chi connectivity index (χ1n) is 9.45. The number of Topliss-reactive ketones (excluding diaryl/α,β-unsaturated/α-hetero) is 1. The lowest BCUT2D eigenvalue weighted by Crippen LogP contribution is -2.77. The number of methoxy groups -OCH3 is 1. The van der Waals surface area contributed by atoms with E-state index in [1.165, 1.54) is 0 Å². The zero-order valence-corrected chi connectivity index (χ0v) is 16.9. The molecule has 0 aromatic heterocycles. The minimum absolute atomic E-state index is 0.0152. The molecule has 0 radical (unpaired) electrons. The average molecular weight is 362 g/mol. The molecule has 4 atom stereocenters. The van der Waals surface area contributed by atoms with Gasteiger partial charge in [-0.25, -0.2) is 0 Å². The Hall–Kier alpha value is -1.01. The quantitative estimate of drug-likeness (QED) is 0.721. The van der Waals surface area contributed by atoms with Crippen molar-refractivity contribution in [2.45, 2.75) is 82.6 Å². The fourth-order valence-corrected chi connectivity index (χ4v) is 5.61. The number of carbonyl (C=O) groups excluding carboxylic acids is 1. The summed E-state index contributed by atoms with van der Waals surface area (Å²) < 4.78 is 25.1.